The summed E-state index contributed by atoms with van der Waals surface area (Å²) in [4.78, 5) is 17.0. The molecular formula is C36H26N2O8S2. The molecule has 0 amide bonds. The highest BCUT2D eigenvalue weighted by molar-refractivity contribution is 7.24. The van der Waals surface area contributed by atoms with E-state index >= 15 is 0 Å². The van der Waals surface area contributed by atoms with Crippen molar-refractivity contribution in [1.82, 2.24) is 0 Å². The predicted octanol–water partition coefficient (Wildman–Crippen LogP) is 7.92. The summed E-state index contributed by atoms with van der Waals surface area (Å²) in [5.74, 6) is 2.57. The Morgan fingerprint density at radius 1 is 0.667 bits per heavy atom. The molecule has 5 heterocycles. The maximum Gasteiger partial charge on any atom is 0.346 e. The second-order valence-electron chi connectivity index (χ2n) is 10.8. The summed E-state index contributed by atoms with van der Waals surface area (Å²) >= 11 is 2.94. The van der Waals surface area contributed by atoms with Gasteiger partial charge in [-0.05, 0) is 60.2 Å². The minimum atomic E-state index is -1.29. The lowest BCUT2D eigenvalue weighted by molar-refractivity contribution is -0.132. The number of thiophene rings is 2. The van der Waals surface area contributed by atoms with Crippen LogP contribution in [0.1, 0.15) is 4.88 Å². The van der Waals surface area contributed by atoms with Gasteiger partial charge in [-0.3, -0.25) is 0 Å². The number of nitriles is 1. The lowest BCUT2D eigenvalue weighted by atomic mass is 10.1. The van der Waals surface area contributed by atoms with Gasteiger partial charge >= 0.3 is 5.97 Å². The van der Waals surface area contributed by atoms with Crippen LogP contribution in [0.4, 0.5) is 17.1 Å². The van der Waals surface area contributed by atoms with Gasteiger partial charge in [0, 0.05) is 27.6 Å². The Kier molecular flexibility index (Phi) is 7.76. The highest BCUT2D eigenvalue weighted by Gasteiger charge is 2.27. The number of carbonyl (C=O) groups is 1. The zero-order valence-electron chi connectivity index (χ0n) is 25.3. The van der Waals surface area contributed by atoms with Crippen molar-refractivity contribution in [2.24, 2.45) is 0 Å². The molecule has 8 rings (SSSR count). The predicted molar refractivity (Wildman–Crippen MR) is 182 cm³/mol. The van der Waals surface area contributed by atoms with Crippen molar-refractivity contribution >= 4 is 51.8 Å². The molecule has 0 atom stereocenters. The molecule has 0 saturated carbocycles. The van der Waals surface area contributed by atoms with E-state index in [9.17, 15) is 15.2 Å². The summed E-state index contributed by atoms with van der Waals surface area (Å²) in [5.41, 5.74) is 3.40. The molecule has 0 radical (unpaired) electrons. The van der Waals surface area contributed by atoms with Gasteiger partial charge in [0.2, 0.25) is 0 Å². The Bertz CT molecular complexity index is 2050. The van der Waals surface area contributed by atoms with Crippen LogP contribution in [0.3, 0.4) is 0 Å². The lowest BCUT2D eigenvalue weighted by Crippen LogP contribution is -2.17. The van der Waals surface area contributed by atoms with E-state index in [-0.39, 0.29) is 5.57 Å². The lowest BCUT2D eigenvalue weighted by Gasteiger charge is -2.28. The molecular weight excluding hydrogens is 653 g/mol. The first-order valence-corrected chi connectivity index (χ1v) is 16.8. The van der Waals surface area contributed by atoms with Crippen LogP contribution in [0.25, 0.3) is 26.3 Å². The average molecular weight is 679 g/mol. The third-order valence-corrected chi connectivity index (χ3v) is 10.3. The van der Waals surface area contributed by atoms with Gasteiger partial charge in [0.1, 0.15) is 51.3 Å². The number of rotatable bonds is 7. The quantitative estimate of drug-likeness (QED) is 0.134. The topological polar surface area (TPSA) is 120 Å². The van der Waals surface area contributed by atoms with E-state index in [0.29, 0.717) is 67.5 Å². The molecule has 48 heavy (non-hydrogen) atoms. The number of hydrogen-bond acceptors (Lipinski definition) is 11. The maximum absolute atomic E-state index is 11.5. The van der Waals surface area contributed by atoms with Crippen molar-refractivity contribution in [2.75, 3.05) is 44.5 Å². The van der Waals surface area contributed by atoms with E-state index in [1.807, 2.05) is 42.5 Å². The van der Waals surface area contributed by atoms with Crippen LogP contribution in [0.2, 0.25) is 0 Å². The van der Waals surface area contributed by atoms with Crippen LogP contribution in [0.5, 0.6) is 34.5 Å². The Morgan fingerprint density at radius 2 is 1.21 bits per heavy atom. The molecule has 3 aromatic carbocycles. The fourth-order valence-electron chi connectivity index (χ4n) is 5.68. The van der Waals surface area contributed by atoms with Crippen molar-refractivity contribution in [2.45, 2.75) is 0 Å². The smallest absolute Gasteiger partial charge is 0.346 e. The second kappa shape index (κ2) is 12.5. The maximum atomic E-state index is 11.5. The Balaban J connectivity index is 1.13. The molecule has 1 N–H and O–H groups in total. The summed E-state index contributed by atoms with van der Waals surface area (Å²) in [6.07, 6.45) is 1.34. The van der Waals surface area contributed by atoms with Crippen molar-refractivity contribution in [3.05, 3.63) is 83.2 Å². The summed E-state index contributed by atoms with van der Waals surface area (Å²) in [6, 6.07) is 26.0. The summed E-state index contributed by atoms with van der Waals surface area (Å²) < 4.78 is 35.2. The minimum absolute atomic E-state index is 0.344. The van der Waals surface area contributed by atoms with Gasteiger partial charge in [0.15, 0.2) is 34.5 Å². The number of hydrogen-bond donors (Lipinski definition) is 1. The molecule has 2 aromatic heterocycles. The van der Waals surface area contributed by atoms with Crippen LogP contribution in [-0.2, 0) is 4.79 Å². The van der Waals surface area contributed by atoms with Gasteiger partial charge in [-0.15, -0.1) is 22.7 Å². The normalized spacial score (nSPS) is 14.6. The van der Waals surface area contributed by atoms with Crippen LogP contribution < -0.4 is 33.3 Å². The average Bonchev–Trinajstić information content (AvgIpc) is 3.76. The standard InChI is InChI=1S/C36H26N2O8S2/c37-20-22(36(39)40)17-32-33-34(46-16-15-45-33)35(48-32)31-10-9-30(47-31)21-1-3-23(4-2-21)38(24-5-7-26-28(18-24)43-13-11-41-26)25-6-8-27-29(19-25)44-14-12-42-27/h1-10,17-19H,11-16H2,(H,39,40)/b22-17+. The Labute approximate surface area is 283 Å². The zero-order valence-corrected chi connectivity index (χ0v) is 26.9. The largest absolute Gasteiger partial charge is 0.486 e. The third-order valence-electron chi connectivity index (χ3n) is 7.86. The summed E-state index contributed by atoms with van der Waals surface area (Å²) in [6.45, 7) is 2.75. The fraction of sp³-hybridized carbons (Fsp3) is 0.167. The monoisotopic (exact) mass is 678 g/mol. The van der Waals surface area contributed by atoms with E-state index in [2.05, 4.69) is 35.2 Å². The summed E-state index contributed by atoms with van der Waals surface area (Å²) in [7, 11) is 0. The van der Waals surface area contributed by atoms with Crippen LogP contribution in [0, 0.1) is 11.3 Å². The SMILES string of the molecule is N#C/C(=C\c1sc(-c2ccc(-c3ccc(N(c4ccc5c(c4)OCCO5)c4ccc5c(c4)OCCO5)cc3)s2)c2c1OCCO2)C(=O)O. The molecule has 240 valence electrons. The van der Waals surface area contributed by atoms with Crippen molar-refractivity contribution in [1.29, 1.82) is 5.26 Å². The van der Waals surface area contributed by atoms with Crippen LogP contribution >= 0.6 is 22.7 Å². The number of anilines is 3. The van der Waals surface area contributed by atoms with E-state index in [1.54, 1.807) is 17.4 Å². The second-order valence-corrected chi connectivity index (χ2v) is 13.0. The van der Waals surface area contributed by atoms with E-state index in [0.717, 1.165) is 48.8 Å². The molecule has 3 aliphatic heterocycles. The number of benzene rings is 3. The van der Waals surface area contributed by atoms with Crippen molar-refractivity contribution in [3.63, 3.8) is 0 Å². The van der Waals surface area contributed by atoms with Crippen molar-refractivity contribution in [3.8, 4) is 60.8 Å². The van der Waals surface area contributed by atoms with E-state index < -0.39 is 5.97 Å². The molecule has 0 saturated heterocycles. The van der Waals surface area contributed by atoms with Gasteiger partial charge < -0.3 is 38.4 Å². The number of carboxylic acids is 1. The molecule has 3 aliphatic rings. The Morgan fingerprint density at radius 3 is 1.81 bits per heavy atom. The van der Waals surface area contributed by atoms with Crippen molar-refractivity contribution < 1.29 is 38.3 Å². The van der Waals surface area contributed by atoms with E-state index in [4.69, 9.17) is 28.4 Å². The van der Waals surface area contributed by atoms with Gasteiger partial charge in [-0.25, -0.2) is 4.79 Å². The number of aliphatic carboxylic acids is 1. The number of carboxylic acid groups (broad SMARTS) is 1. The van der Waals surface area contributed by atoms with Crippen LogP contribution in [-0.4, -0.2) is 50.7 Å². The zero-order chi connectivity index (χ0) is 32.6. The molecule has 12 heteroatoms. The molecule has 0 bridgehead atoms. The molecule has 0 unspecified atom stereocenters. The highest BCUT2D eigenvalue weighted by Crippen LogP contribution is 2.52. The molecule has 0 spiro atoms. The fourth-order valence-corrected chi connectivity index (χ4v) is 7.93. The molecule has 5 aromatic rings. The van der Waals surface area contributed by atoms with Crippen LogP contribution in [0.15, 0.2) is 78.4 Å². The minimum Gasteiger partial charge on any atom is -0.486 e. The van der Waals surface area contributed by atoms with Gasteiger partial charge in [0.05, 0.1) is 21.1 Å². The van der Waals surface area contributed by atoms with E-state index in [1.165, 1.54) is 17.4 Å². The van der Waals surface area contributed by atoms with Gasteiger partial charge in [0.25, 0.3) is 0 Å². The number of ether oxygens (including phenoxy) is 6. The first-order valence-electron chi connectivity index (χ1n) is 15.1. The Hall–Kier alpha value is -5.64. The van der Waals surface area contributed by atoms with Gasteiger partial charge in [-0.1, -0.05) is 12.1 Å². The summed E-state index contributed by atoms with van der Waals surface area (Å²) in [5, 5.41) is 18.7. The highest BCUT2D eigenvalue weighted by atomic mass is 32.1. The first kappa shape index (κ1) is 29.7. The first-order chi connectivity index (χ1) is 23.6. The van der Waals surface area contributed by atoms with Gasteiger partial charge in [-0.2, -0.15) is 5.26 Å². The number of nitrogens with zero attached hydrogens (tertiary/aromatic N) is 2. The third kappa shape index (κ3) is 5.53. The molecule has 10 nitrogen and oxygen atoms in total. The number of fused-ring (bicyclic) bond motifs is 3. The molecule has 0 aliphatic carbocycles. The molecule has 0 fully saturated rings.